The number of hydrogen-bond acceptors (Lipinski definition) is 5. The minimum absolute atomic E-state index is 0.0544. The highest BCUT2D eigenvalue weighted by molar-refractivity contribution is 6.30. The molecule has 2 saturated heterocycles. The van der Waals surface area contributed by atoms with Crippen LogP contribution in [0.1, 0.15) is 0 Å². The van der Waals surface area contributed by atoms with E-state index in [4.69, 9.17) is 16.3 Å². The molecule has 0 amide bonds. The van der Waals surface area contributed by atoms with Crippen molar-refractivity contribution in [3.05, 3.63) is 33.3 Å². The number of hydrogen-bond donors (Lipinski definition) is 0. The van der Waals surface area contributed by atoms with E-state index in [1.807, 2.05) is 4.90 Å². The van der Waals surface area contributed by atoms with E-state index < -0.39 is 0 Å². The van der Waals surface area contributed by atoms with Crippen LogP contribution in [0.3, 0.4) is 0 Å². The van der Waals surface area contributed by atoms with Crippen molar-refractivity contribution in [3.63, 3.8) is 0 Å². The van der Waals surface area contributed by atoms with E-state index in [1.165, 1.54) is 6.07 Å². The second kappa shape index (κ2) is 5.20. The number of halogens is 1. The Morgan fingerprint density at radius 3 is 2.95 bits per heavy atom. The predicted octanol–water partition coefficient (Wildman–Crippen LogP) is 1.77. The van der Waals surface area contributed by atoms with Crippen LogP contribution in [-0.4, -0.2) is 55.3 Å². The molecule has 7 heteroatoms. The minimum Gasteiger partial charge on any atom is -0.373 e. The Morgan fingerprint density at radius 2 is 2.25 bits per heavy atom. The molecule has 0 saturated carbocycles. The fraction of sp³-hybridized carbons (Fsp3) is 0.538. The molecule has 0 spiro atoms. The molecule has 20 heavy (non-hydrogen) atoms. The van der Waals surface area contributed by atoms with E-state index in [-0.39, 0.29) is 16.7 Å². The number of fused-ring (bicyclic) bond motifs is 1. The Bertz CT molecular complexity index is 540. The molecular formula is C13H16ClN3O3. The normalized spacial score (nSPS) is 26.6. The number of morpholine rings is 1. The van der Waals surface area contributed by atoms with Crippen LogP contribution in [-0.2, 0) is 4.74 Å². The molecule has 2 unspecified atom stereocenters. The molecule has 2 aliphatic heterocycles. The Labute approximate surface area is 122 Å². The lowest BCUT2D eigenvalue weighted by Crippen LogP contribution is -2.48. The molecule has 1 aromatic rings. The van der Waals surface area contributed by atoms with Crippen molar-refractivity contribution >= 4 is 23.0 Å². The predicted molar refractivity (Wildman–Crippen MR) is 76.5 cm³/mol. The lowest BCUT2D eigenvalue weighted by Gasteiger charge is -2.33. The lowest BCUT2D eigenvalue weighted by molar-refractivity contribution is -0.384. The van der Waals surface area contributed by atoms with E-state index in [2.05, 4.69) is 11.9 Å². The Kier molecular flexibility index (Phi) is 3.54. The number of nitro benzene ring substituents is 1. The highest BCUT2D eigenvalue weighted by Crippen LogP contribution is 2.34. The Balaban J connectivity index is 1.89. The number of ether oxygens (including phenoxy) is 1. The number of anilines is 1. The Hall–Kier alpha value is -1.37. The van der Waals surface area contributed by atoms with Crippen molar-refractivity contribution < 1.29 is 9.66 Å². The second-order valence-electron chi connectivity index (χ2n) is 5.25. The van der Waals surface area contributed by atoms with Gasteiger partial charge in [0.25, 0.3) is 5.69 Å². The molecular weight excluding hydrogens is 282 g/mol. The van der Waals surface area contributed by atoms with Gasteiger partial charge in [-0.1, -0.05) is 11.6 Å². The smallest absolute Gasteiger partial charge is 0.294 e. The van der Waals surface area contributed by atoms with Gasteiger partial charge in [-0.15, -0.1) is 0 Å². The van der Waals surface area contributed by atoms with Gasteiger partial charge in [-0.05, 0) is 19.2 Å². The molecule has 0 aliphatic carbocycles. The van der Waals surface area contributed by atoms with Crippen molar-refractivity contribution in [1.29, 1.82) is 0 Å². The highest BCUT2D eigenvalue weighted by Gasteiger charge is 2.40. The van der Waals surface area contributed by atoms with Crippen molar-refractivity contribution in [3.8, 4) is 0 Å². The molecule has 0 radical (unpaired) electrons. The Morgan fingerprint density at radius 1 is 1.45 bits per heavy atom. The summed E-state index contributed by atoms with van der Waals surface area (Å²) in [6.45, 7) is 3.03. The molecule has 2 fully saturated rings. The summed E-state index contributed by atoms with van der Waals surface area (Å²) in [4.78, 5) is 15.1. The first-order chi connectivity index (χ1) is 9.56. The second-order valence-corrected chi connectivity index (χ2v) is 5.69. The number of nitro groups is 1. The van der Waals surface area contributed by atoms with Gasteiger partial charge in [0.2, 0.25) is 0 Å². The van der Waals surface area contributed by atoms with E-state index in [0.29, 0.717) is 29.9 Å². The van der Waals surface area contributed by atoms with E-state index in [0.717, 1.165) is 13.1 Å². The molecule has 3 rings (SSSR count). The van der Waals surface area contributed by atoms with E-state index >= 15 is 0 Å². The van der Waals surface area contributed by atoms with Crippen LogP contribution in [0.4, 0.5) is 11.4 Å². The largest absolute Gasteiger partial charge is 0.373 e. The van der Waals surface area contributed by atoms with E-state index in [1.54, 1.807) is 12.1 Å². The third kappa shape index (κ3) is 2.34. The molecule has 2 aliphatic rings. The van der Waals surface area contributed by atoms with Crippen molar-refractivity contribution in [2.24, 2.45) is 0 Å². The molecule has 0 aromatic heterocycles. The average molecular weight is 298 g/mol. The summed E-state index contributed by atoms with van der Waals surface area (Å²) in [7, 11) is 2.07. The minimum atomic E-state index is -0.381. The number of nitrogens with zero attached hydrogens (tertiary/aromatic N) is 3. The third-order valence-electron chi connectivity index (χ3n) is 4.05. The molecule has 2 atom stereocenters. The standard InChI is InChI=1S/C13H16ClN3O3/c1-15-4-5-20-13-8-16(7-12(13)15)10-3-2-9(14)6-11(10)17(18)19/h2-3,6,12-13H,4-5,7-8H2,1H3. The summed E-state index contributed by atoms with van der Waals surface area (Å²) in [6.07, 6.45) is 0.115. The van der Waals surface area contributed by atoms with Crippen molar-refractivity contribution in [2.45, 2.75) is 12.1 Å². The van der Waals surface area contributed by atoms with Crippen LogP contribution < -0.4 is 4.90 Å². The van der Waals surface area contributed by atoms with Crippen LogP contribution in [0.5, 0.6) is 0 Å². The topological polar surface area (TPSA) is 58.8 Å². The monoisotopic (exact) mass is 297 g/mol. The molecule has 1 aromatic carbocycles. The number of rotatable bonds is 2. The van der Waals surface area contributed by atoms with Crippen molar-refractivity contribution in [2.75, 3.05) is 38.2 Å². The zero-order valence-electron chi connectivity index (χ0n) is 11.2. The summed E-state index contributed by atoms with van der Waals surface area (Å²) in [5, 5.41) is 11.6. The summed E-state index contributed by atoms with van der Waals surface area (Å²) < 4.78 is 5.77. The quantitative estimate of drug-likeness (QED) is 0.615. The van der Waals surface area contributed by atoms with Crippen molar-refractivity contribution in [1.82, 2.24) is 4.90 Å². The highest BCUT2D eigenvalue weighted by atomic mass is 35.5. The first kappa shape index (κ1) is 13.6. The maximum atomic E-state index is 11.2. The van der Waals surface area contributed by atoms with Crippen LogP contribution in [0.2, 0.25) is 5.02 Å². The van der Waals surface area contributed by atoms with Gasteiger partial charge in [-0.2, -0.15) is 0 Å². The zero-order valence-corrected chi connectivity index (χ0v) is 11.9. The summed E-state index contributed by atoms with van der Waals surface area (Å²) in [6, 6.07) is 5.11. The maximum absolute atomic E-state index is 11.2. The summed E-state index contributed by atoms with van der Waals surface area (Å²) in [5.41, 5.74) is 0.671. The van der Waals surface area contributed by atoms with Gasteiger partial charge in [-0.3, -0.25) is 15.0 Å². The SMILES string of the molecule is CN1CCOC2CN(c3ccc(Cl)cc3[N+](=O)[O-])CC21. The lowest BCUT2D eigenvalue weighted by atomic mass is 10.1. The zero-order chi connectivity index (χ0) is 14.3. The molecule has 108 valence electrons. The molecule has 6 nitrogen and oxygen atoms in total. The van der Waals surface area contributed by atoms with E-state index in [9.17, 15) is 10.1 Å². The van der Waals surface area contributed by atoms with Crippen LogP contribution >= 0.6 is 11.6 Å². The average Bonchev–Trinajstić information content (AvgIpc) is 2.84. The summed E-state index contributed by atoms with van der Waals surface area (Å²) in [5.74, 6) is 0. The first-order valence-corrected chi connectivity index (χ1v) is 6.95. The van der Waals surface area contributed by atoms with Gasteiger partial charge in [0.05, 0.1) is 23.7 Å². The number of likely N-dealkylation sites (N-methyl/N-ethyl adjacent to an activating group) is 1. The van der Waals surface area contributed by atoms with Crippen LogP contribution in [0.15, 0.2) is 18.2 Å². The van der Waals surface area contributed by atoms with Crippen LogP contribution in [0, 0.1) is 10.1 Å². The first-order valence-electron chi connectivity index (χ1n) is 6.57. The van der Waals surface area contributed by atoms with Gasteiger partial charge < -0.3 is 9.64 Å². The third-order valence-corrected chi connectivity index (χ3v) is 4.29. The molecule has 0 N–H and O–H groups in total. The number of benzene rings is 1. The van der Waals surface area contributed by atoms with Gasteiger partial charge in [-0.25, -0.2) is 0 Å². The van der Waals surface area contributed by atoms with Crippen LogP contribution in [0.25, 0.3) is 0 Å². The van der Waals surface area contributed by atoms with Gasteiger partial charge in [0.1, 0.15) is 5.69 Å². The van der Waals surface area contributed by atoms with Gasteiger partial charge in [0, 0.05) is 30.7 Å². The summed E-state index contributed by atoms with van der Waals surface area (Å²) >= 11 is 5.86. The molecule has 0 bridgehead atoms. The maximum Gasteiger partial charge on any atom is 0.294 e. The fourth-order valence-electron chi connectivity index (χ4n) is 2.96. The molecule has 2 heterocycles. The fourth-order valence-corrected chi connectivity index (χ4v) is 3.13. The van der Waals surface area contributed by atoms with Gasteiger partial charge >= 0.3 is 0 Å². The van der Waals surface area contributed by atoms with Gasteiger partial charge in [0.15, 0.2) is 0 Å².